The van der Waals surface area contributed by atoms with E-state index in [-0.39, 0.29) is 0 Å². The van der Waals surface area contributed by atoms with E-state index >= 15 is 0 Å². The molecule has 1 N–H and O–H groups in total. The van der Waals surface area contributed by atoms with E-state index in [4.69, 9.17) is 5.11 Å². The molecule has 0 aliphatic rings. The maximum atomic E-state index is 10.3. The molecule has 0 fully saturated rings. The number of aliphatic hydroxyl groups is 1. The zero-order valence-corrected chi connectivity index (χ0v) is 10.1. The predicted octanol–water partition coefficient (Wildman–Crippen LogP) is 1.54. The molecule has 0 heterocycles. The van der Waals surface area contributed by atoms with Crippen LogP contribution in [0.2, 0.25) is 0 Å². The second kappa shape index (κ2) is 10.9. The average molecular weight is 226 g/mol. The third-order valence-electron chi connectivity index (χ3n) is 1.31. The van der Waals surface area contributed by atoms with Gasteiger partial charge in [0.25, 0.3) is 10.1 Å². The van der Waals surface area contributed by atoms with Crippen molar-refractivity contribution in [3.05, 3.63) is 0 Å². The van der Waals surface area contributed by atoms with Crippen LogP contribution < -0.4 is 0 Å². The Morgan fingerprint density at radius 3 is 1.86 bits per heavy atom. The van der Waals surface area contributed by atoms with Gasteiger partial charge in [0, 0.05) is 6.61 Å². The van der Waals surface area contributed by atoms with Gasteiger partial charge >= 0.3 is 0 Å². The van der Waals surface area contributed by atoms with E-state index in [0.717, 1.165) is 31.9 Å². The Bertz CT molecular complexity index is 185. The Labute approximate surface area is 87.4 Å². The minimum Gasteiger partial charge on any atom is -0.396 e. The van der Waals surface area contributed by atoms with Crippen molar-refractivity contribution in [3.63, 3.8) is 0 Å². The first-order valence-electron chi connectivity index (χ1n) is 4.93. The molecule has 0 aliphatic heterocycles. The highest BCUT2D eigenvalue weighted by atomic mass is 32.2. The summed E-state index contributed by atoms with van der Waals surface area (Å²) in [6.07, 6.45) is 4.85. The first-order valence-corrected chi connectivity index (χ1v) is 6.74. The lowest BCUT2D eigenvalue weighted by atomic mass is 10.4. The van der Waals surface area contributed by atoms with Crippen LogP contribution in [0.1, 0.15) is 39.5 Å². The molecule has 0 bridgehead atoms. The lowest BCUT2D eigenvalue weighted by Gasteiger charge is -1.96. The van der Waals surface area contributed by atoms with Gasteiger partial charge in [-0.05, 0) is 12.8 Å². The highest BCUT2D eigenvalue weighted by molar-refractivity contribution is 7.85. The van der Waals surface area contributed by atoms with Crippen molar-refractivity contribution >= 4 is 10.1 Å². The summed E-state index contributed by atoms with van der Waals surface area (Å²) in [6, 6.07) is 0. The molecule has 88 valence electrons. The number of rotatable bonds is 6. The molecule has 0 atom stereocenters. The SMILES string of the molecule is CCCCO.CCCCOS(C)(=O)=O. The molecule has 4 nitrogen and oxygen atoms in total. The number of unbranched alkanes of at least 4 members (excludes halogenated alkanes) is 2. The molecule has 0 radical (unpaired) electrons. The molecule has 0 aromatic heterocycles. The zero-order chi connectivity index (χ0) is 11.4. The first kappa shape index (κ1) is 16.3. The van der Waals surface area contributed by atoms with Gasteiger partial charge in [-0.3, -0.25) is 4.18 Å². The van der Waals surface area contributed by atoms with Crippen molar-refractivity contribution in [2.24, 2.45) is 0 Å². The molecular weight excluding hydrogens is 204 g/mol. The van der Waals surface area contributed by atoms with Crippen molar-refractivity contribution in [2.75, 3.05) is 19.5 Å². The number of hydrogen-bond acceptors (Lipinski definition) is 4. The molecule has 0 rings (SSSR count). The van der Waals surface area contributed by atoms with E-state index in [0.29, 0.717) is 13.2 Å². The zero-order valence-electron chi connectivity index (χ0n) is 9.32. The van der Waals surface area contributed by atoms with E-state index < -0.39 is 10.1 Å². The molecular formula is C9H22O4S. The topological polar surface area (TPSA) is 63.6 Å². The fraction of sp³-hybridized carbons (Fsp3) is 1.00. The predicted molar refractivity (Wildman–Crippen MR) is 57.7 cm³/mol. The van der Waals surface area contributed by atoms with Gasteiger partial charge in [-0.25, -0.2) is 0 Å². The maximum absolute atomic E-state index is 10.3. The van der Waals surface area contributed by atoms with E-state index in [9.17, 15) is 8.42 Å². The summed E-state index contributed by atoms with van der Waals surface area (Å²) >= 11 is 0. The number of aliphatic hydroxyl groups excluding tert-OH is 1. The summed E-state index contributed by atoms with van der Waals surface area (Å²) in [5, 5.41) is 8.07. The summed E-state index contributed by atoms with van der Waals surface area (Å²) < 4.78 is 25.0. The molecule has 0 aliphatic carbocycles. The van der Waals surface area contributed by atoms with Crippen molar-refractivity contribution < 1.29 is 17.7 Å². The molecule has 0 saturated heterocycles. The summed E-state index contributed by atoms with van der Waals surface area (Å²) in [6.45, 7) is 4.69. The fourth-order valence-electron chi connectivity index (χ4n) is 0.513. The summed E-state index contributed by atoms with van der Waals surface area (Å²) in [4.78, 5) is 0. The van der Waals surface area contributed by atoms with Crippen LogP contribution in [0.5, 0.6) is 0 Å². The van der Waals surface area contributed by atoms with Gasteiger partial charge in [0.1, 0.15) is 0 Å². The number of hydrogen-bond donors (Lipinski definition) is 1. The van der Waals surface area contributed by atoms with E-state index in [2.05, 4.69) is 11.1 Å². The van der Waals surface area contributed by atoms with Gasteiger partial charge in [0.05, 0.1) is 12.9 Å². The van der Waals surface area contributed by atoms with Gasteiger partial charge in [0.2, 0.25) is 0 Å². The molecule has 0 spiro atoms. The van der Waals surface area contributed by atoms with E-state index in [1.807, 2.05) is 6.92 Å². The van der Waals surface area contributed by atoms with E-state index in [1.165, 1.54) is 0 Å². The molecule has 5 heteroatoms. The van der Waals surface area contributed by atoms with Crippen LogP contribution in [0.15, 0.2) is 0 Å². The van der Waals surface area contributed by atoms with Crippen LogP contribution in [0.25, 0.3) is 0 Å². The van der Waals surface area contributed by atoms with Crippen LogP contribution >= 0.6 is 0 Å². The summed E-state index contributed by atoms with van der Waals surface area (Å²) in [5.41, 5.74) is 0. The largest absolute Gasteiger partial charge is 0.396 e. The smallest absolute Gasteiger partial charge is 0.264 e. The standard InChI is InChI=1S/C5H12O3S.C4H10O/c1-3-4-5-8-9(2,6)7;1-2-3-4-5/h3-5H2,1-2H3;5H,2-4H2,1H3. The van der Waals surface area contributed by atoms with Crippen LogP contribution in [0, 0.1) is 0 Å². The summed E-state index contributed by atoms with van der Waals surface area (Å²) in [7, 11) is -3.20. The lowest BCUT2D eigenvalue weighted by molar-refractivity contribution is 0.287. The monoisotopic (exact) mass is 226 g/mol. The van der Waals surface area contributed by atoms with Gasteiger partial charge in [0.15, 0.2) is 0 Å². The van der Waals surface area contributed by atoms with Gasteiger partial charge in [-0.1, -0.05) is 26.7 Å². The van der Waals surface area contributed by atoms with Crippen LogP contribution in [0.3, 0.4) is 0 Å². The fourth-order valence-corrected chi connectivity index (χ4v) is 0.933. The average Bonchev–Trinajstić information content (AvgIpc) is 2.05. The molecule has 0 aromatic rings. The van der Waals surface area contributed by atoms with Crippen molar-refractivity contribution in [1.82, 2.24) is 0 Å². The van der Waals surface area contributed by atoms with Gasteiger partial charge < -0.3 is 5.11 Å². The minimum atomic E-state index is -3.20. The van der Waals surface area contributed by atoms with Crippen LogP contribution in [0.4, 0.5) is 0 Å². The van der Waals surface area contributed by atoms with E-state index in [1.54, 1.807) is 0 Å². The Kier molecular flexibility index (Phi) is 12.8. The van der Waals surface area contributed by atoms with Gasteiger partial charge in [-0.2, -0.15) is 8.42 Å². The summed E-state index contributed by atoms with van der Waals surface area (Å²) in [5.74, 6) is 0. The lowest BCUT2D eigenvalue weighted by Crippen LogP contribution is -2.03. The van der Waals surface area contributed by atoms with Crippen LogP contribution in [-0.4, -0.2) is 33.0 Å². The molecule has 0 saturated carbocycles. The highest BCUT2D eigenvalue weighted by Gasteiger charge is 1.98. The first-order chi connectivity index (χ1) is 6.47. The second-order valence-corrected chi connectivity index (χ2v) is 4.60. The Balaban J connectivity index is 0. The van der Waals surface area contributed by atoms with Crippen LogP contribution in [-0.2, 0) is 14.3 Å². The molecule has 0 aromatic carbocycles. The van der Waals surface area contributed by atoms with Crippen molar-refractivity contribution in [3.8, 4) is 0 Å². The van der Waals surface area contributed by atoms with Crippen molar-refractivity contribution in [2.45, 2.75) is 39.5 Å². The Morgan fingerprint density at radius 2 is 1.64 bits per heavy atom. The normalized spacial score (nSPS) is 10.6. The van der Waals surface area contributed by atoms with Crippen molar-refractivity contribution in [1.29, 1.82) is 0 Å². The maximum Gasteiger partial charge on any atom is 0.264 e. The molecule has 0 amide bonds. The Hall–Kier alpha value is -0.130. The molecule has 14 heavy (non-hydrogen) atoms. The quantitative estimate of drug-likeness (QED) is 0.551. The van der Waals surface area contributed by atoms with Gasteiger partial charge in [-0.15, -0.1) is 0 Å². The third kappa shape index (κ3) is 22.6. The second-order valence-electron chi connectivity index (χ2n) is 2.96. The molecule has 0 unspecified atom stereocenters. The Morgan fingerprint density at radius 1 is 1.14 bits per heavy atom. The highest BCUT2D eigenvalue weighted by Crippen LogP contribution is 1.91. The third-order valence-corrected chi connectivity index (χ3v) is 1.90. The minimum absolute atomic E-state index is 0.315.